The second kappa shape index (κ2) is 9.82. The molecule has 0 fully saturated rings. The van der Waals surface area contributed by atoms with E-state index in [0.717, 1.165) is 31.1 Å². The Bertz CT molecular complexity index is 1540. The third-order valence-corrected chi connectivity index (χ3v) is 5.24. The summed E-state index contributed by atoms with van der Waals surface area (Å²) in [4.78, 5) is 32.8. The van der Waals surface area contributed by atoms with Crippen LogP contribution in [0.15, 0.2) is 70.6 Å². The van der Waals surface area contributed by atoms with Gasteiger partial charge in [-0.15, -0.1) is 0 Å². The molecule has 8 nitrogen and oxygen atoms in total. The number of aromatic nitrogens is 4. The molecule has 36 heavy (non-hydrogen) atoms. The molecule has 2 aromatic carbocycles. The molecule has 0 bridgehead atoms. The highest BCUT2D eigenvalue weighted by Crippen LogP contribution is 2.35. The zero-order chi connectivity index (χ0) is 26.0. The highest BCUT2D eigenvalue weighted by Gasteiger charge is 2.35. The van der Waals surface area contributed by atoms with E-state index in [9.17, 15) is 27.2 Å². The molecule has 0 aliphatic rings. The van der Waals surface area contributed by atoms with Crippen molar-refractivity contribution >= 4 is 11.6 Å². The fourth-order valence-corrected chi connectivity index (χ4v) is 3.40. The number of hydrogen-bond acceptors (Lipinski definition) is 6. The van der Waals surface area contributed by atoms with Gasteiger partial charge in [0.25, 0.3) is 11.4 Å². The van der Waals surface area contributed by atoms with Crippen LogP contribution in [-0.4, -0.2) is 19.1 Å². The molecule has 0 spiro atoms. The van der Waals surface area contributed by atoms with Crippen molar-refractivity contribution < 1.29 is 27.0 Å². The van der Waals surface area contributed by atoms with Gasteiger partial charge in [0.2, 0.25) is 5.75 Å². The molecule has 0 N–H and O–H groups in total. The molecule has 0 amide bonds. The predicted octanol–water partition coefficient (Wildman–Crippen LogP) is 4.51. The monoisotopic (exact) mass is 522 g/mol. The molecule has 0 aliphatic carbocycles. The van der Waals surface area contributed by atoms with Crippen molar-refractivity contribution in [3.8, 4) is 23.1 Å². The first-order chi connectivity index (χ1) is 17.1. The van der Waals surface area contributed by atoms with Gasteiger partial charge in [0.1, 0.15) is 24.4 Å². The van der Waals surface area contributed by atoms with E-state index in [0.29, 0.717) is 0 Å². The van der Waals surface area contributed by atoms with Crippen molar-refractivity contribution in [3.05, 3.63) is 104 Å². The maximum Gasteiger partial charge on any atom is 0.431 e. The molecule has 0 saturated carbocycles. The summed E-state index contributed by atoms with van der Waals surface area (Å²) in [7, 11) is 0.809. The molecule has 0 atom stereocenters. The quantitative estimate of drug-likeness (QED) is 0.346. The lowest BCUT2D eigenvalue weighted by atomic mass is 10.2. The topological polar surface area (TPSA) is 88.2 Å². The standard InChI is InChI=1S/C23H15ClF4N4O4/c1-31-19(23(26,27)28)9-20(33)32(22(31)34)16-8-17(14(24)7-15(16)25)36-21-18(10-29-12-30-21)35-11-13-5-3-2-4-6-13/h2-10,12H,11H2,1H3. The third-order valence-electron chi connectivity index (χ3n) is 4.94. The van der Waals surface area contributed by atoms with Crippen LogP contribution < -0.4 is 20.7 Å². The van der Waals surface area contributed by atoms with Gasteiger partial charge in [-0.1, -0.05) is 41.9 Å². The number of nitrogens with zero attached hydrogens (tertiary/aromatic N) is 4. The van der Waals surface area contributed by atoms with E-state index in [1.165, 1.54) is 6.20 Å². The molecule has 13 heteroatoms. The highest BCUT2D eigenvalue weighted by molar-refractivity contribution is 6.32. The van der Waals surface area contributed by atoms with Crippen LogP contribution in [0, 0.1) is 5.82 Å². The molecule has 0 unspecified atom stereocenters. The fourth-order valence-electron chi connectivity index (χ4n) is 3.21. The van der Waals surface area contributed by atoms with Gasteiger partial charge in [0, 0.05) is 19.2 Å². The average Bonchev–Trinajstić information content (AvgIpc) is 2.83. The van der Waals surface area contributed by atoms with Crippen LogP contribution in [0.1, 0.15) is 11.3 Å². The predicted molar refractivity (Wildman–Crippen MR) is 120 cm³/mol. The number of alkyl halides is 3. The summed E-state index contributed by atoms with van der Waals surface area (Å²) in [5.74, 6) is -1.40. The smallest absolute Gasteiger partial charge is 0.431 e. The molecular weight excluding hydrogens is 508 g/mol. The van der Waals surface area contributed by atoms with Crippen molar-refractivity contribution in [2.75, 3.05) is 0 Å². The van der Waals surface area contributed by atoms with Crippen molar-refractivity contribution in [1.29, 1.82) is 0 Å². The van der Waals surface area contributed by atoms with E-state index in [1.807, 2.05) is 30.3 Å². The first-order valence-electron chi connectivity index (χ1n) is 10.1. The normalized spacial score (nSPS) is 11.4. The van der Waals surface area contributed by atoms with E-state index in [4.69, 9.17) is 21.1 Å². The number of benzene rings is 2. The van der Waals surface area contributed by atoms with E-state index in [2.05, 4.69) is 9.97 Å². The summed E-state index contributed by atoms with van der Waals surface area (Å²) in [6, 6.07) is 11.0. The zero-order valence-electron chi connectivity index (χ0n) is 18.3. The Morgan fingerprint density at radius 1 is 1.06 bits per heavy atom. The van der Waals surface area contributed by atoms with Crippen LogP contribution in [0.4, 0.5) is 17.6 Å². The molecule has 0 aliphatic heterocycles. The fraction of sp³-hybridized carbons (Fsp3) is 0.130. The van der Waals surface area contributed by atoms with Gasteiger partial charge < -0.3 is 9.47 Å². The van der Waals surface area contributed by atoms with E-state index in [1.54, 1.807) is 0 Å². The average molecular weight is 523 g/mol. The second-order valence-corrected chi connectivity index (χ2v) is 7.75. The molecule has 2 aromatic heterocycles. The van der Waals surface area contributed by atoms with Gasteiger partial charge in [-0.2, -0.15) is 18.2 Å². The Morgan fingerprint density at radius 3 is 2.47 bits per heavy atom. The Kier molecular flexibility index (Phi) is 6.80. The second-order valence-electron chi connectivity index (χ2n) is 7.35. The van der Waals surface area contributed by atoms with Crippen molar-refractivity contribution in [1.82, 2.24) is 19.1 Å². The lowest BCUT2D eigenvalue weighted by Crippen LogP contribution is -2.41. The number of halogens is 5. The van der Waals surface area contributed by atoms with E-state index in [-0.39, 0.29) is 44.2 Å². The zero-order valence-corrected chi connectivity index (χ0v) is 19.0. The molecule has 186 valence electrons. The van der Waals surface area contributed by atoms with Crippen molar-refractivity contribution in [2.24, 2.45) is 7.05 Å². The van der Waals surface area contributed by atoms with Crippen LogP contribution in [-0.2, 0) is 19.8 Å². The summed E-state index contributed by atoms with van der Waals surface area (Å²) < 4.78 is 66.0. The first kappa shape index (κ1) is 24.9. The number of rotatable bonds is 6. The highest BCUT2D eigenvalue weighted by atomic mass is 35.5. The largest absolute Gasteiger partial charge is 0.482 e. The van der Waals surface area contributed by atoms with Gasteiger partial charge >= 0.3 is 11.9 Å². The van der Waals surface area contributed by atoms with Gasteiger partial charge in [-0.25, -0.2) is 18.7 Å². The Morgan fingerprint density at radius 2 is 1.78 bits per heavy atom. The SMILES string of the molecule is Cn1c(C(F)(F)F)cc(=O)n(-c2cc(Oc3ncncc3OCc3ccccc3)c(Cl)cc2F)c1=O. The van der Waals surface area contributed by atoms with Gasteiger partial charge in [-0.05, 0) is 11.6 Å². The number of hydrogen-bond donors (Lipinski definition) is 0. The minimum atomic E-state index is -4.97. The molecule has 4 rings (SSSR count). The summed E-state index contributed by atoms with van der Waals surface area (Å²) >= 11 is 6.09. The van der Waals surface area contributed by atoms with Crippen LogP contribution in [0.2, 0.25) is 5.02 Å². The Balaban J connectivity index is 1.73. The van der Waals surface area contributed by atoms with Crippen LogP contribution in [0.3, 0.4) is 0 Å². The Labute approximate surface area is 205 Å². The Hall–Kier alpha value is -4.19. The maximum atomic E-state index is 14.7. The number of ether oxygens (including phenoxy) is 2. The molecule has 4 aromatic rings. The molecule has 0 radical (unpaired) electrons. The third kappa shape index (κ3) is 5.08. The minimum Gasteiger partial charge on any atom is -0.482 e. The van der Waals surface area contributed by atoms with Crippen LogP contribution >= 0.6 is 11.6 Å². The van der Waals surface area contributed by atoms with Gasteiger partial charge in [-0.3, -0.25) is 9.36 Å². The van der Waals surface area contributed by atoms with Crippen LogP contribution in [0.5, 0.6) is 17.4 Å². The molecule has 2 heterocycles. The minimum absolute atomic E-state index is 0.103. The van der Waals surface area contributed by atoms with E-state index >= 15 is 0 Å². The summed E-state index contributed by atoms with van der Waals surface area (Å²) in [5, 5.41) is -0.263. The van der Waals surface area contributed by atoms with Crippen LogP contribution in [0.25, 0.3) is 5.69 Å². The van der Waals surface area contributed by atoms with Gasteiger partial charge in [0.05, 0.1) is 16.9 Å². The molecule has 0 saturated heterocycles. The summed E-state index contributed by atoms with van der Waals surface area (Å²) in [6.07, 6.45) is -2.50. The maximum absolute atomic E-state index is 14.7. The lowest BCUT2D eigenvalue weighted by molar-refractivity contribution is -0.144. The first-order valence-corrected chi connectivity index (χ1v) is 10.5. The van der Waals surface area contributed by atoms with Gasteiger partial charge in [0.15, 0.2) is 5.75 Å². The van der Waals surface area contributed by atoms with Crippen molar-refractivity contribution in [2.45, 2.75) is 12.8 Å². The van der Waals surface area contributed by atoms with Crippen molar-refractivity contribution in [3.63, 3.8) is 0 Å². The summed E-state index contributed by atoms with van der Waals surface area (Å²) in [6.45, 7) is 0.143. The lowest BCUT2D eigenvalue weighted by Gasteiger charge is -2.16. The van der Waals surface area contributed by atoms with E-state index < -0.39 is 34.6 Å². The summed E-state index contributed by atoms with van der Waals surface area (Å²) in [5.41, 5.74) is -4.13. The molecular formula is C23H15ClF4N4O4.